The van der Waals surface area contributed by atoms with E-state index in [9.17, 15) is 0 Å². The predicted octanol–water partition coefficient (Wildman–Crippen LogP) is 5.43. The van der Waals surface area contributed by atoms with Crippen molar-refractivity contribution >= 4 is 15.4 Å². The standard InChI is InChI=1S/C13H22OSi2.C4H6O/c1-15(2)11-10-13(14-16(15,3)4)12-8-6-5-7-9-12;1-3-5-4-2/h5-9,13H,10-11H2,1-4H3;3-4H,1-2H2. The second-order valence-corrected chi connectivity index (χ2v) is 21.6. The van der Waals surface area contributed by atoms with Crippen molar-refractivity contribution in [2.75, 3.05) is 0 Å². The smallest absolute Gasteiger partial charge is 0.174 e. The molecule has 0 amide bonds. The van der Waals surface area contributed by atoms with E-state index >= 15 is 0 Å². The first kappa shape index (κ1) is 17.9. The molecule has 2 nitrogen and oxygen atoms in total. The summed E-state index contributed by atoms with van der Waals surface area (Å²) in [5.41, 5.74) is 1.37. The molecule has 1 aliphatic rings. The SMILES string of the molecule is C=COC=C.C[Si]1(C)CCC(c2ccccc2)O[Si]1(C)C. The predicted molar refractivity (Wildman–Crippen MR) is 96.1 cm³/mol. The Morgan fingerprint density at radius 1 is 1.10 bits per heavy atom. The Balaban J connectivity index is 0.000000383. The first-order valence-corrected chi connectivity index (χ1v) is 14.6. The summed E-state index contributed by atoms with van der Waals surface area (Å²) in [6.45, 7) is 16.3. The third kappa shape index (κ3) is 4.98. The zero-order chi connectivity index (χ0) is 15.9. The first-order valence-electron chi connectivity index (χ1n) is 7.44. The van der Waals surface area contributed by atoms with Gasteiger partial charge < -0.3 is 9.16 Å². The minimum absolute atomic E-state index is 0.364. The van der Waals surface area contributed by atoms with E-state index in [0.717, 1.165) is 0 Å². The molecule has 1 unspecified atom stereocenters. The van der Waals surface area contributed by atoms with Crippen molar-refractivity contribution in [2.24, 2.45) is 0 Å². The lowest BCUT2D eigenvalue weighted by Crippen LogP contribution is -2.60. The Morgan fingerprint density at radius 3 is 2.10 bits per heavy atom. The van der Waals surface area contributed by atoms with E-state index in [2.05, 4.69) is 74.4 Å². The summed E-state index contributed by atoms with van der Waals surface area (Å²) in [6.07, 6.45) is 4.21. The molecule has 4 heteroatoms. The van der Waals surface area contributed by atoms with Gasteiger partial charge in [-0.2, -0.15) is 0 Å². The Bertz CT molecular complexity index is 449. The highest BCUT2D eigenvalue weighted by Crippen LogP contribution is 2.39. The number of rotatable bonds is 3. The zero-order valence-corrected chi connectivity index (χ0v) is 15.8. The molecule has 1 heterocycles. The lowest BCUT2D eigenvalue weighted by molar-refractivity contribution is 0.189. The first-order chi connectivity index (χ1) is 9.84. The summed E-state index contributed by atoms with van der Waals surface area (Å²) in [4.78, 5) is 0. The molecule has 1 fully saturated rings. The molecule has 1 atom stereocenters. The van der Waals surface area contributed by atoms with Crippen molar-refractivity contribution in [1.82, 2.24) is 0 Å². The topological polar surface area (TPSA) is 18.5 Å². The van der Waals surface area contributed by atoms with Gasteiger partial charge in [0.2, 0.25) is 0 Å². The van der Waals surface area contributed by atoms with Crippen LogP contribution >= 0.6 is 0 Å². The average molecular weight is 321 g/mol. The van der Waals surface area contributed by atoms with Crippen LogP contribution < -0.4 is 0 Å². The molecule has 0 bridgehead atoms. The molecule has 1 aromatic rings. The quantitative estimate of drug-likeness (QED) is 0.546. The van der Waals surface area contributed by atoms with Crippen molar-refractivity contribution in [2.45, 2.75) is 44.8 Å². The molecular formula is C17H28O2Si2. The van der Waals surface area contributed by atoms with Crippen LogP contribution in [0.15, 0.2) is 56.0 Å². The maximum absolute atomic E-state index is 6.48. The highest BCUT2D eigenvalue weighted by atomic mass is 29.3. The van der Waals surface area contributed by atoms with Crippen LogP contribution in [0, 0.1) is 0 Å². The summed E-state index contributed by atoms with van der Waals surface area (Å²) in [6, 6.07) is 12.1. The molecule has 1 saturated heterocycles. The summed E-state index contributed by atoms with van der Waals surface area (Å²) < 4.78 is 10.8. The number of hydrogen-bond donors (Lipinski definition) is 0. The van der Waals surface area contributed by atoms with Gasteiger partial charge >= 0.3 is 0 Å². The molecule has 2 rings (SSSR count). The molecule has 1 aliphatic heterocycles. The second kappa shape index (κ2) is 7.78. The maximum Gasteiger partial charge on any atom is 0.174 e. The van der Waals surface area contributed by atoms with Crippen molar-refractivity contribution in [3.05, 3.63) is 61.6 Å². The summed E-state index contributed by atoms with van der Waals surface area (Å²) in [5.74, 6) is 0. The monoisotopic (exact) mass is 320 g/mol. The molecule has 0 spiro atoms. The summed E-state index contributed by atoms with van der Waals surface area (Å²) in [5, 5.41) is 0. The van der Waals surface area contributed by atoms with E-state index in [-0.39, 0.29) is 0 Å². The lowest BCUT2D eigenvalue weighted by atomic mass is 10.1. The van der Waals surface area contributed by atoms with Gasteiger partial charge in [-0.3, -0.25) is 0 Å². The molecule has 116 valence electrons. The lowest BCUT2D eigenvalue weighted by Gasteiger charge is -2.45. The Hall–Kier alpha value is -1.11. The van der Waals surface area contributed by atoms with Crippen molar-refractivity contribution in [1.29, 1.82) is 0 Å². The van der Waals surface area contributed by atoms with Gasteiger partial charge in [-0.1, -0.05) is 62.6 Å². The highest BCUT2D eigenvalue weighted by molar-refractivity contribution is 7.38. The third-order valence-corrected chi connectivity index (χ3v) is 21.0. The summed E-state index contributed by atoms with van der Waals surface area (Å²) in [7, 11) is -2.50. The fourth-order valence-electron chi connectivity index (χ4n) is 2.34. The van der Waals surface area contributed by atoms with Crippen LogP contribution in [0.25, 0.3) is 0 Å². The maximum atomic E-state index is 6.48. The minimum Gasteiger partial charge on any atom is -0.474 e. The van der Waals surface area contributed by atoms with Crippen LogP contribution in [0.4, 0.5) is 0 Å². The largest absolute Gasteiger partial charge is 0.474 e. The number of hydrogen-bond acceptors (Lipinski definition) is 2. The van der Waals surface area contributed by atoms with E-state index in [1.54, 1.807) is 0 Å². The molecular weight excluding hydrogens is 292 g/mol. The second-order valence-electron chi connectivity index (χ2n) is 6.42. The third-order valence-electron chi connectivity index (χ3n) is 4.46. The van der Waals surface area contributed by atoms with Gasteiger partial charge in [0, 0.05) is 0 Å². The van der Waals surface area contributed by atoms with Gasteiger partial charge in [0.05, 0.1) is 26.2 Å². The van der Waals surface area contributed by atoms with Gasteiger partial charge in [0.25, 0.3) is 0 Å². The highest BCUT2D eigenvalue weighted by Gasteiger charge is 2.47. The fraction of sp³-hybridized carbons (Fsp3) is 0.412. The van der Waals surface area contributed by atoms with Gasteiger partial charge in [-0.15, -0.1) is 0 Å². The van der Waals surface area contributed by atoms with E-state index in [4.69, 9.17) is 4.43 Å². The molecule has 0 aliphatic carbocycles. The van der Waals surface area contributed by atoms with Gasteiger partial charge in [0.1, 0.15) is 0 Å². The minimum atomic E-state index is -1.43. The fourth-order valence-corrected chi connectivity index (χ4v) is 8.83. The zero-order valence-electron chi connectivity index (χ0n) is 13.8. The van der Waals surface area contributed by atoms with Crippen LogP contribution in [0.5, 0.6) is 0 Å². The Labute approximate surface area is 131 Å². The Kier molecular flexibility index (Phi) is 6.64. The van der Waals surface area contributed by atoms with Crippen LogP contribution in [0.2, 0.25) is 32.2 Å². The normalized spacial score (nSPS) is 22.4. The molecule has 0 saturated carbocycles. The molecule has 21 heavy (non-hydrogen) atoms. The van der Waals surface area contributed by atoms with E-state index in [0.29, 0.717) is 6.10 Å². The average Bonchev–Trinajstić information content (AvgIpc) is 2.44. The Morgan fingerprint density at radius 2 is 1.67 bits per heavy atom. The van der Waals surface area contributed by atoms with E-state index in [1.807, 2.05) is 0 Å². The van der Waals surface area contributed by atoms with Crippen LogP contribution in [-0.2, 0) is 9.16 Å². The van der Waals surface area contributed by atoms with Crippen LogP contribution in [0.3, 0.4) is 0 Å². The molecule has 0 radical (unpaired) electrons. The van der Waals surface area contributed by atoms with Crippen LogP contribution in [-0.4, -0.2) is 15.4 Å². The molecule has 1 aromatic carbocycles. The van der Waals surface area contributed by atoms with E-state index in [1.165, 1.54) is 30.6 Å². The van der Waals surface area contributed by atoms with Crippen LogP contribution in [0.1, 0.15) is 18.1 Å². The van der Waals surface area contributed by atoms with Gasteiger partial charge in [0.15, 0.2) is 7.83 Å². The van der Waals surface area contributed by atoms with Crippen molar-refractivity contribution in [3.8, 4) is 0 Å². The van der Waals surface area contributed by atoms with Gasteiger partial charge in [-0.25, -0.2) is 0 Å². The number of ether oxygens (including phenoxy) is 1. The van der Waals surface area contributed by atoms with E-state index < -0.39 is 15.4 Å². The summed E-state index contributed by atoms with van der Waals surface area (Å²) >= 11 is 0. The van der Waals surface area contributed by atoms with Crippen molar-refractivity contribution < 1.29 is 9.16 Å². The van der Waals surface area contributed by atoms with Gasteiger partial charge in [-0.05, 0) is 25.1 Å². The molecule has 0 aromatic heterocycles. The number of benzene rings is 1. The molecule has 0 N–H and O–H groups in total. The van der Waals surface area contributed by atoms with Crippen molar-refractivity contribution in [3.63, 3.8) is 0 Å².